The first-order chi connectivity index (χ1) is 9.89. The molecule has 2 aromatic carbocycles. The second kappa shape index (κ2) is 6.47. The molecule has 112 valence electrons. The SMILES string of the molecule is CC(C)c1ccccc1CCc1ccccc1C(C)(C)C. The summed E-state index contributed by atoms with van der Waals surface area (Å²) in [5, 5.41) is 0. The Morgan fingerprint density at radius 1 is 0.762 bits per heavy atom. The van der Waals surface area contributed by atoms with Crippen LogP contribution < -0.4 is 0 Å². The number of rotatable bonds is 4. The Labute approximate surface area is 130 Å². The molecule has 21 heavy (non-hydrogen) atoms. The second-order valence-corrected chi connectivity index (χ2v) is 7.26. The van der Waals surface area contributed by atoms with E-state index in [1.54, 1.807) is 0 Å². The lowest BCUT2D eigenvalue weighted by Gasteiger charge is -2.23. The van der Waals surface area contributed by atoms with Gasteiger partial charge in [-0.2, -0.15) is 0 Å². The number of aryl methyl sites for hydroxylation is 2. The molecule has 0 aliphatic heterocycles. The molecular weight excluding hydrogens is 252 g/mol. The Morgan fingerprint density at radius 2 is 1.29 bits per heavy atom. The van der Waals surface area contributed by atoms with Crippen LogP contribution in [-0.2, 0) is 18.3 Å². The number of hydrogen-bond acceptors (Lipinski definition) is 0. The van der Waals surface area contributed by atoms with Crippen LogP contribution in [-0.4, -0.2) is 0 Å². The third-order valence-corrected chi connectivity index (χ3v) is 4.17. The summed E-state index contributed by atoms with van der Waals surface area (Å²) in [7, 11) is 0. The average molecular weight is 280 g/mol. The van der Waals surface area contributed by atoms with Gasteiger partial charge in [0, 0.05) is 0 Å². The van der Waals surface area contributed by atoms with Crippen LogP contribution in [0, 0.1) is 0 Å². The van der Waals surface area contributed by atoms with Gasteiger partial charge in [0.15, 0.2) is 0 Å². The largest absolute Gasteiger partial charge is 0.0620 e. The van der Waals surface area contributed by atoms with E-state index in [2.05, 4.69) is 83.1 Å². The molecule has 0 nitrogen and oxygen atoms in total. The quantitative estimate of drug-likeness (QED) is 0.654. The van der Waals surface area contributed by atoms with E-state index < -0.39 is 0 Å². The van der Waals surface area contributed by atoms with Crippen LogP contribution >= 0.6 is 0 Å². The van der Waals surface area contributed by atoms with Gasteiger partial charge in [0.25, 0.3) is 0 Å². The fraction of sp³-hybridized carbons (Fsp3) is 0.429. The monoisotopic (exact) mass is 280 g/mol. The highest BCUT2D eigenvalue weighted by Gasteiger charge is 2.17. The molecule has 0 bridgehead atoms. The van der Waals surface area contributed by atoms with Crippen LogP contribution in [0.3, 0.4) is 0 Å². The van der Waals surface area contributed by atoms with Crippen molar-refractivity contribution in [3.05, 3.63) is 70.8 Å². The molecule has 2 rings (SSSR count). The molecular formula is C21H28. The van der Waals surface area contributed by atoms with Crippen molar-refractivity contribution in [1.82, 2.24) is 0 Å². The third-order valence-electron chi connectivity index (χ3n) is 4.17. The van der Waals surface area contributed by atoms with Crippen molar-refractivity contribution in [2.24, 2.45) is 0 Å². The van der Waals surface area contributed by atoms with Gasteiger partial charge in [0.1, 0.15) is 0 Å². The standard InChI is InChI=1S/C21H28/c1-16(2)19-12-8-6-10-17(19)14-15-18-11-7-9-13-20(18)21(3,4)5/h6-13,16H,14-15H2,1-5H3. The molecule has 0 aromatic heterocycles. The van der Waals surface area contributed by atoms with E-state index in [0.29, 0.717) is 5.92 Å². The molecule has 0 heteroatoms. The highest BCUT2D eigenvalue weighted by atomic mass is 14.2. The smallest absolute Gasteiger partial charge is 0.0129 e. The van der Waals surface area contributed by atoms with Crippen molar-refractivity contribution in [2.75, 3.05) is 0 Å². The summed E-state index contributed by atoms with van der Waals surface area (Å²) in [6, 6.07) is 17.8. The van der Waals surface area contributed by atoms with Crippen LogP contribution in [0.1, 0.15) is 62.8 Å². The summed E-state index contributed by atoms with van der Waals surface area (Å²) in [6.45, 7) is 11.5. The van der Waals surface area contributed by atoms with E-state index in [0.717, 1.165) is 12.8 Å². The Kier molecular flexibility index (Phi) is 4.88. The predicted octanol–water partition coefficient (Wildman–Crippen LogP) is 5.89. The molecule has 0 saturated carbocycles. The molecule has 0 N–H and O–H groups in total. The van der Waals surface area contributed by atoms with Gasteiger partial charge >= 0.3 is 0 Å². The van der Waals surface area contributed by atoms with E-state index in [1.807, 2.05) is 0 Å². The van der Waals surface area contributed by atoms with Gasteiger partial charge in [-0.1, -0.05) is 83.1 Å². The first-order valence-corrected chi connectivity index (χ1v) is 8.06. The molecule has 0 aliphatic carbocycles. The van der Waals surface area contributed by atoms with E-state index in [9.17, 15) is 0 Å². The maximum Gasteiger partial charge on any atom is -0.0129 e. The minimum absolute atomic E-state index is 0.216. The third kappa shape index (κ3) is 3.97. The van der Waals surface area contributed by atoms with Crippen molar-refractivity contribution < 1.29 is 0 Å². The number of hydrogen-bond donors (Lipinski definition) is 0. The van der Waals surface area contributed by atoms with E-state index >= 15 is 0 Å². The summed E-state index contributed by atoms with van der Waals surface area (Å²) >= 11 is 0. The van der Waals surface area contributed by atoms with Crippen LogP contribution in [0.25, 0.3) is 0 Å². The van der Waals surface area contributed by atoms with Gasteiger partial charge in [0.2, 0.25) is 0 Å². The predicted molar refractivity (Wildman–Crippen MR) is 93.1 cm³/mol. The lowest BCUT2D eigenvalue weighted by atomic mass is 9.82. The van der Waals surface area contributed by atoms with Gasteiger partial charge in [0.05, 0.1) is 0 Å². The van der Waals surface area contributed by atoms with Crippen LogP contribution in [0.5, 0.6) is 0 Å². The number of benzene rings is 2. The van der Waals surface area contributed by atoms with Gasteiger partial charge < -0.3 is 0 Å². The van der Waals surface area contributed by atoms with Crippen molar-refractivity contribution in [1.29, 1.82) is 0 Å². The van der Waals surface area contributed by atoms with Crippen LogP contribution in [0.2, 0.25) is 0 Å². The lowest BCUT2D eigenvalue weighted by molar-refractivity contribution is 0.581. The van der Waals surface area contributed by atoms with E-state index in [-0.39, 0.29) is 5.41 Å². The highest BCUT2D eigenvalue weighted by molar-refractivity contribution is 5.35. The minimum atomic E-state index is 0.216. The van der Waals surface area contributed by atoms with Crippen molar-refractivity contribution in [2.45, 2.75) is 58.8 Å². The van der Waals surface area contributed by atoms with Gasteiger partial charge in [-0.15, -0.1) is 0 Å². The Bertz CT molecular complexity index is 585. The fourth-order valence-corrected chi connectivity index (χ4v) is 3.06. The molecule has 2 aromatic rings. The molecule has 0 heterocycles. The second-order valence-electron chi connectivity index (χ2n) is 7.26. The van der Waals surface area contributed by atoms with Gasteiger partial charge in [-0.05, 0) is 46.4 Å². The molecule has 0 aliphatic rings. The highest BCUT2D eigenvalue weighted by Crippen LogP contribution is 2.27. The summed E-state index contributed by atoms with van der Waals surface area (Å²) in [6.07, 6.45) is 2.25. The van der Waals surface area contributed by atoms with Crippen molar-refractivity contribution in [3.8, 4) is 0 Å². The van der Waals surface area contributed by atoms with Crippen LogP contribution in [0.4, 0.5) is 0 Å². The molecule has 0 atom stereocenters. The molecule has 0 spiro atoms. The molecule has 0 fully saturated rings. The van der Waals surface area contributed by atoms with Crippen LogP contribution in [0.15, 0.2) is 48.5 Å². The van der Waals surface area contributed by atoms with E-state index in [4.69, 9.17) is 0 Å². The Hall–Kier alpha value is -1.56. The maximum atomic E-state index is 2.30. The topological polar surface area (TPSA) is 0 Å². The molecule has 0 radical (unpaired) electrons. The summed E-state index contributed by atoms with van der Waals surface area (Å²) in [5.74, 6) is 0.596. The lowest BCUT2D eigenvalue weighted by Crippen LogP contribution is -2.14. The zero-order valence-corrected chi connectivity index (χ0v) is 14.1. The average Bonchev–Trinajstić information content (AvgIpc) is 2.44. The minimum Gasteiger partial charge on any atom is -0.0620 e. The first-order valence-electron chi connectivity index (χ1n) is 8.06. The molecule has 0 amide bonds. The first kappa shape index (κ1) is 15.8. The Morgan fingerprint density at radius 3 is 1.90 bits per heavy atom. The fourth-order valence-electron chi connectivity index (χ4n) is 3.06. The van der Waals surface area contributed by atoms with E-state index in [1.165, 1.54) is 22.3 Å². The van der Waals surface area contributed by atoms with Gasteiger partial charge in [-0.25, -0.2) is 0 Å². The summed E-state index contributed by atoms with van der Waals surface area (Å²) < 4.78 is 0. The van der Waals surface area contributed by atoms with Crippen molar-refractivity contribution in [3.63, 3.8) is 0 Å². The summed E-state index contributed by atoms with van der Waals surface area (Å²) in [4.78, 5) is 0. The zero-order chi connectivity index (χ0) is 15.5. The molecule has 0 unspecified atom stereocenters. The molecule has 0 saturated heterocycles. The maximum absolute atomic E-state index is 2.30. The van der Waals surface area contributed by atoms with Gasteiger partial charge in [-0.3, -0.25) is 0 Å². The zero-order valence-electron chi connectivity index (χ0n) is 14.1. The summed E-state index contributed by atoms with van der Waals surface area (Å²) in [5.41, 5.74) is 6.17. The van der Waals surface area contributed by atoms with Crippen molar-refractivity contribution >= 4 is 0 Å². The Balaban J connectivity index is 2.22. The normalized spacial score (nSPS) is 11.9.